The van der Waals surface area contributed by atoms with Gasteiger partial charge in [-0.3, -0.25) is 4.79 Å². The maximum atomic E-state index is 11.9. The molecule has 0 saturated heterocycles. The minimum Gasteiger partial charge on any atom is -0.384 e. The van der Waals surface area contributed by atoms with E-state index in [1.807, 2.05) is 0 Å². The lowest BCUT2D eigenvalue weighted by molar-refractivity contribution is 0.0956. The third kappa shape index (κ3) is 5.01. The second kappa shape index (κ2) is 7.65. The molecule has 0 heterocycles. The molecule has 0 radical (unpaired) electrons. The maximum absolute atomic E-state index is 11.9. The fraction of sp³-hybridized carbons (Fsp3) is 0.308. The molecule has 3 N–H and O–H groups in total. The highest BCUT2D eigenvalue weighted by Crippen LogP contribution is 2.06. The predicted octanol–water partition coefficient (Wildman–Crippen LogP) is -0.691. The van der Waals surface area contributed by atoms with E-state index in [9.17, 15) is 13.2 Å². The highest BCUT2D eigenvalue weighted by Gasteiger charge is 2.11. The molecule has 20 heavy (non-hydrogen) atoms. The third-order valence-corrected chi connectivity index (χ3v) is 3.80. The van der Waals surface area contributed by atoms with E-state index in [0.29, 0.717) is 11.1 Å². The van der Waals surface area contributed by atoms with E-state index in [-0.39, 0.29) is 18.9 Å². The molecule has 0 atom stereocenters. The van der Waals surface area contributed by atoms with Crippen LogP contribution in [0, 0.1) is 11.8 Å². The van der Waals surface area contributed by atoms with Crippen LogP contribution in [0.4, 0.5) is 0 Å². The Kier molecular flexibility index (Phi) is 6.18. The molecule has 0 aliphatic rings. The first-order valence-electron chi connectivity index (χ1n) is 5.88. The van der Waals surface area contributed by atoms with Gasteiger partial charge in [-0.15, -0.1) is 0 Å². The Morgan fingerprint density at radius 2 is 2.05 bits per heavy atom. The second-order valence-corrected chi connectivity index (χ2v) is 5.83. The molecular weight excluding hydrogens is 280 g/mol. The summed E-state index contributed by atoms with van der Waals surface area (Å²) >= 11 is 0. The van der Waals surface area contributed by atoms with Gasteiger partial charge in [0, 0.05) is 12.1 Å². The number of carbonyl (C=O) groups is 1. The average molecular weight is 296 g/mol. The first kappa shape index (κ1) is 16.2. The first-order chi connectivity index (χ1) is 9.50. The zero-order chi connectivity index (χ0) is 15.0. The van der Waals surface area contributed by atoms with E-state index in [1.54, 1.807) is 24.3 Å². The van der Waals surface area contributed by atoms with Crippen molar-refractivity contribution in [3.63, 3.8) is 0 Å². The molecule has 1 aromatic rings. The lowest BCUT2D eigenvalue weighted by Gasteiger charge is -2.07. The number of rotatable bonds is 5. The van der Waals surface area contributed by atoms with E-state index in [2.05, 4.69) is 21.9 Å². The Morgan fingerprint density at radius 1 is 1.35 bits per heavy atom. The Hall–Kier alpha value is -1.88. The molecule has 0 aliphatic heterocycles. The van der Waals surface area contributed by atoms with Gasteiger partial charge in [-0.1, -0.05) is 24.0 Å². The molecule has 0 fully saturated rings. The van der Waals surface area contributed by atoms with Crippen LogP contribution in [-0.4, -0.2) is 45.4 Å². The van der Waals surface area contributed by atoms with Crippen molar-refractivity contribution in [1.82, 2.24) is 10.0 Å². The van der Waals surface area contributed by atoms with E-state index < -0.39 is 15.9 Å². The summed E-state index contributed by atoms with van der Waals surface area (Å²) in [6.07, 6.45) is 0. The van der Waals surface area contributed by atoms with Crippen LogP contribution in [0.2, 0.25) is 0 Å². The van der Waals surface area contributed by atoms with Gasteiger partial charge in [-0.25, -0.2) is 13.1 Å². The molecule has 0 bridgehead atoms. The Balaban J connectivity index is 2.73. The summed E-state index contributed by atoms with van der Waals surface area (Å²) in [5, 5.41) is 11.2. The van der Waals surface area contributed by atoms with Crippen LogP contribution >= 0.6 is 0 Å². The van der Waals surface area contributed by atoms with Gasteiger partial charge in [0.25, 0.3) is 5.91 Å². The SMILES string of the molecule is CNS(=O)(=O)CCNC(=O)c1ccccc1C#CCO. The summed E-state index contributed by atoms with van der Waals surface area (Å²) in [4.78, 5) is 11.9. The van der Waals surface area contributed by atoms with Gasteiger partial charge in [0.1, 0.15) is 6.61 Å². The summed E-state index contributed by atoms with van der Waals surface area (Å²) < 4.78 is 24.6. The second-order valence-electron chi connectivity index (χ2n) is 3.78. The quantitative estimate of drug-likeness (QED) is 0.627. The first-order valence-corrected chi connectivity index (χ1v) is 7.53. The number of aliphatic hydroxyl groups is 1. The Labute approximate surface area is 118 Å². The third-order valence-electron chi connectivity index (χ3n) is 2.44. The van der Waals surface area contributed by atoms with Crippen molar-refractivity contribution in [3.8, 4) is 11.8 Å². The molecule has 108 valence electrons. The molecule has 1 rings (SSSR count). The normalized spacial score (nSPS) is 10.5. The topological polar surface area (TPSA) is 95.5 Å². The van der Waals surface area contributed by atoms with Gasteiger partial charge in [0.15, 0.2) is 0 Å². The molecule has 0 unspecified atom stereocenters. The molecule has 1 amide bonds. The van der Waals surface area contributed by atoms with Gasteiger partial charge >= 0.3 is 0 Å². The van der Waals surface area contributed by atoms with Crippen molar-refractivity contribution in [2.45, 2.75) is 0 Å². The van der Waals surface area contributed by atoms with Gasteiger partial charge in [-0.05, 0) is 19.2 Å². The van der Waals surface area contributed by atoms with Crippen LogP contribution in [0.25, 0.3) is 0 Å². The number of hydrogen-bond acceptors (Lipinski definition) is 4. The predicted molar refractivity (Wildman–Crippen MR) is 75.6 cm³/mol. The lowest BCUT2D eigenvalue weighted by atomic mass is 10.1. The molecule has 7 heteroatoms. The molecular formula is C13H16N2O4S. The molecule has 0 aromatic heterocycles. The Morgan fingerprint density at radius 3 is 2.70 bits per heavy atom. The number of amides is 1. The van der Waals surface area contributed by atoms with Crippen molar-refractivity contribution < 1.29 is 18.3 Å². The monoisotopic (exact) mass is 296 g/mol. The van der Waals surface area contributed by atoms with Crippen molar-refractivity contribution in [2.75, 3.05) is 26.0 Å². The highest BCUT2D eigenvalue weighted by atomic mass is 32.2. The van der Waals surface area contributed by atoms with Crippen LogP contribution in [0.3, 0.4) is 0 Å². The fourth-order valence-corrected chi connectivity index (χ4v) is 2.00. The number of hydrogen-bond donors (Lipinski definition) is 3. The van der Waals surface area contributed by atoms with Crippen molar-refractivity contribution in [1.29, 1.82) is 0 Å². The summed E-state index contributed by atoms with van der Waals surface area (Å²) in [5.41, 5.74) is 0.825. The minimum absolute atomic E-state index is 0.00374. The lowest BCUT2D eigenvalue weighted by Crippen LogP contribution is -2.33. The number of nitrogens with one attached hydrogen (secondary N) is 2. The fourth-order valence-electron chi connectivity index (χ4n) is 1.42. The van der Waals surface area contributed by atoms with Crippen LogP contribution < -0.4 is 10.0 Å². The molecule has 0 saturated carbocycles. The van der Waals surface area contributed by atoms with Crippen molar-refractivity contribution in [3.05, 3.63) is 35.4 Å². The summed E-state index contributed by atoms with van der Waals surface area (Å²) in [6.45, 7) is -0.292. The number of sulfonamides is 1. The molecule has 1 aromatic carbocycles. The average Bonchev–Trinajstić information content (AvgIpc) is 2.45. The van der Waals surface area contributed by atoms with Crippen LogP contribution in [0.1, 0.15) is 15.9 Å². The number of aliphatic hydroxyl groups excluding tert-OH is 1. The summed E-state index contributed by atoms with van der Waals surface area (Å²) in [5.74, 6) is 4.54. The van der Waals surface area contributed by atoms with Crippen LogP contribution in [-0.2, 0) is 10.0 Å². The minimum atomic E-state index is -3.35. The van der Waals surface area contributed by atoms with E-state index in [1.165, 1.54) is 7.05 Å². The van der Waals surface area contributed by atoms with Crippen molar-refractivity contribution in [2.24, 2.45) is 0 Å². The van der Waals surface area contributed by atoms with E-state index in [0.717, 1.165) is 0 Å². The smallest absolute Gasteiger partial charge is 0.252 e. The van der Waals surface area contributed by atoms with Gasteiger partial charge in [0.2, 0.25) is 10.0 Å². The zero-order valence-corrected chi connectivity index (χ0v) is 11.8. The van der Waals surface area contributed by atoms with Gasteiger partial charge in [-0.2, -0.15) is 0 Å². The summed E-state index contributed by atoms with van der Waals surface area (Å²) in [6, 6.07) is 6.65. The van der Waals surface area contributed by atoms with Crippen LogP contribution in [0.5, 0.6) is 0 Å². The van der Waals surface area contributed by atoms with E-state index in [4.69, 9.17) is 5.11 Å². The summed E-state index contributed by atoms with van der Waals surface area (Å²) in [7, 11) is -2.03. The highest BCUT2D eigenvalue weighted by molar-refractivity contribution is 7.89. The van der Waals surface area contributed by atoms with Crippen molar-refractivity contribution >= 4 is 15.9 Å². The molecule has 0 aliphatic carbocycles. The molecule has 0 spiro atoms. The molecule has 6 nitrogen and oxygen atoms in total. The van der Waals surface area contributed by atoms with Gasteiger partial charge < -0.3 is 10.4 Å². The standard InChI is InChI=1S/C13H16N2O4S/c1-14-20(18,19)10-8-15-13(17)12-7-3-2-5-11(12)6-4-9-16/h2-3,5,7,14,16H,8-10H2,1H3,(H,15,17). The maximum Gasteiger partial charge on any atom is 0.252 e. The number of carbonyl (C=O) groups excluding carboxylic acids is 1. The largest absolute Gasteiger partial charge is 0.384 e. The zero-order valence-electron chi connectivity index (χ0n) is 11.0. The van der Waals surface area contributed by atoms with Gasteiger partial charge in [0.05, 0.1) is 11.3 Å². The van der Waals surface area contributed by atoms with Crippen LogP contribution in [0.15, 0.2) is 24.3 Å². The number of benzene rings is 1. The van der Waals surface area contributed by atoms with E-state index >= 15 is 0 Å². The Bertz CT molecular complexity index is 629.